The Morgan fingerprint density at radius 1 is 1.02 bits per heavy atom. The molecule has 0 spiro atoms. The van der Waals surface area contributed by atoms with Crippen LogP contribution >= 0.6 is 11.6 Å². The third-order valence-electron chi connectivity index (χ3n) is 11.9. The van der Waals surface area contributed by atoms with Crippen LogP contribution in [-0.2, 0) is 14.8 Å². The number of carbonyl (C=O) groups excluding carboxylic acids is 1. The van der Waals surface area contributed by atoms with Crippen molar-refractivity contribution in [3.63, 3.8) is 0 Å². The number of sulfonamides is 1. The fraction of sp³-hybridized carbons (Fsp3) is 0.378. The number of piperazine rings is 1. The van der Waals surface area contributed by atoms with Crippen molar-refractivity contribution in [1.29, 1.82) is 0 Å². The summed E-state index contributed by atoms with van der Waals surface area (Å²) in [5, 5.41) is 7.89. The fourth-order valence-corrected chi connectivity index (χ4v) is 9.43. The second-order valence-electron chi connectivity index (χ2n) is 16.7. The number of carbonyl (C=O) groups is 1. The molecule has 15 heteroatoms. The molecule has 0 radical (unpaired) electrons. The molecule has 2 aliphatic heterocycles. The molecule has 2 aromatic heterocycles. The molecule has 1 amide bonds. The summed E-state index contributed by atoms with van der Waals surface area (Å²) in [6.07, 6.45) is 8.44. The van der Waals surface area contributed by atoms with Crippen molar-refractivity contribution < 1.29 is 22.7 Å². The number of aromatic amines is 1. The van der Waals surface area contributed by atoms with Crippen molar-refractivity contribution in [2.75, 3.05) is 62.7 Å². The van der Waals surface area contributed by atoms with Crippen molar-refractivity contribution in [2.45, 2.75) is 50.8 Å². The number of anilines is 2. The molecule has 5 aromatic rings. The third-order valence-corrected chi connectivity index (χ3v) is 13.5. The molecule has 0 unspecified atom stereocenters. The number of ether oxygens (including phenoxy) is 2. The van der Waals surface area contributed by atoms with Gasteiger partial charge in [0.2, 0.25) is 5.88 Å². The van der Waals surface area contributed by atoms with Crippen molar-refractivity contribution >= 4 is 61.1 Å². The molecule has 3 aliphatic rings. The van der Waals surface area contributed by atoms with Crippen LogP contribution < -0.4 is 19.7 Å². The van der Waals surface area contributed by atoms with E-state index in [1.54, 1.807) is 30.6 Å². The summed E-state index contributed by atoms with van der Waals surface area (Å²) in [4.78, 5) is 37.7. The predicted molar refractivity (Wildman–Crippen MR) is 236 cm³/mol. The summed E-state index contributed by atoms with van der Waals surface area (Å²) in [7, 11) is -4.43. The molecular weight excluding hydrogens is 802 g/mol. The van der Waals surface area contributed by atoms with Gasteiger partial charge < -0.3 is 24.7 Å². The molecule has 314 valence electrons. The molecule has 60 heavy (non-hydrogen) atoms. The Morgan fingerprint density at radius 3 is 2.57 bits per heavy atom. The smallest absolute Gasteiger partial charge is 0.268 e. The van der Waals surface area contributed by atoms with Gasteiger partial charge in [-0.25, -0.2) is 18.1 Å². The highest BCUT2D eigenvalue weighted by atomic mass is 35.5. The molecule has 0 saturated carbocycles. The lowest BCUT2D eigenvalue weighted by Crippen LogP contribution is -2.47. The summed E-state index contributed by atoms with van der Waals surface area (Å²) in [6.45, 7) is 10.7. The van der Waals surface area contributed by atoms with E-state index in [9.17, 15) is 18.1 Å². The number of H-pyrrole nitrogens is 1. The summed E-state index contributed by atoms with van der Waals surface area (Å²) < 4.78 is 41.2. The van der Waals surface area contributed by atoms with E-state index < -0.39 is 15.9 Å². The highest BCUT2D eigenvalue weighted by molar-refractivity contribution is 7.90. The Labute approximate surface area is 355 Å². The maximum atomic E-state index is 13.9. The summed E-state index contributed by atoms with van der Waals surface area (Å²) >= 11 is 6.24. The van der Waals surface area contributed by atoms with Gasteiger partial charge in [0.25, 0.3) is 15.9 Å². The summed E-state index contributed by atoms with van der Waals surface area (Å²) in [5.74, 6) is -0.144. The minimum Gasteiger partial charge on any atom is -0.438 e. The number of aromatic nitrogens is 2. The van der Waals surface area contributed by atoms with Gasteiger partial charge in [0.15, 0.2) is 0 Å². The number of nitrogens with one attached hydrogen (secondary N) is 3. The largest absolute Gasteiger partial charge is 0.438 e. The maximum absolute atomic E-state index is 13.9. The zero-order valence-corrected chi connectivity index (χ0v) is 35.4. The number of fused-ring (bicyclic) bond motifs is 1. The van der Waals surface area contributed by atoms with Gasteiger partial charge in [-0.1, -0.05) is 43.2 Å². The first-order chi connectivity index (χ1) is 28.9. The van der Waals surface area contributed by atoms with Gasteiger partial charge in [0, 0.05) is 86.9 Å². The number of hydrogen-bond donors (Lipinski definition) is 3. The number of amides is 1. The highest BCUT2D eigenvalue weighted by Gasteiger charge is 2.30. The van der Waals surface area contributed by atoms with Gasteiger partial charge in [-0.2, -0.15) is 0 Å². The molecule has 4 heterocycles. The molecule has 13 nitrogen and oxygen atoms in total. The molecule has 1 aliphatic carbocycles. The first-order valence-corrected chi connectivity index (χ1v) is 22.3. The normalized spacial score (nSPS) is 17.8. The van der Waals surface area contributed by atoms with Crippen LogP contribution in [0.25, 0.3) is 16.5 Å². The second-order valence-corrected chi connectivity index (χ2v) is 18.8. The van der Waals surface area contributed by atoms with Crippen LogP contribution in [0.2, 0.25) is 5.02 Å². The van der Waals surface area contributed by atoms with E-state index in [1.807, 2.05) is 24.3 Å². The molecule has 0 bridgehead atoms. The Kier molecular flexibility index (Phi) is 12.3. The molecular formula is C45H50ClN7O6S. The van der Waals surface area contributed by atoms with E-state index in [0.29, 0.717) is 31.4 Å². The quantitative estimate of drug-likeness (QED) is 0.0976. The summed E-state index contributed by atoms with van der Waals surface area (Å²) in [6, 6.07) is 21.0. The van der Waals surface area contributed by atoms with Gasteiger partial charge in [-0.15, -0.1) is 4.91 Å². The maximum Gasteiger partial charge on any atom is 0.268 e. The average Bonchev–Trinajstić information content (AvgIpc) is 3.72. The molecule has 3 aromatic carbocycles. The third kappa shape index (κ3) is 9.68. The number of allylic oxidation sites excluding steroid dienone is 1. The molecule has 8 rings (SSSR count). The number of nitrogens with zero attached hydrogens (tertiary/aromatic N) is 4. The second kappa shape index (κ2) is 17.7. The lowest BCUT2D eigenvalue weighted by molar-refractivity contribution is 0.0699. The molecule has 2 fully saturated rings. The van der Waals surface area contributed by atoms with Crippen molar-refractivity contribution in [2.24, 2.45) is 16.5 Å². The highest BCUT2D eigenvalue weighted by Crippen LogP contribution is 2.43. The number of hydrogen-bond acceptors (Lipinski definition) is 11. The first kappa shape index (κ1) is 41.5. The number of pyridine rings is 1. The Bertz CT molecular complexity index is 2510. The number of benzene rings is 3. The van der Waals surface area contributed by atoms with Crippen molar-refractivity contribution in [3.8, 4) is 11.6 Å². The van der Waals surface area contributed by atoms with E-state index >= 15 is 0 Å². The van der Waals surface area contributed by atoms with E-state index in [-0.39, 0.29) is 33.2 Å². The predicted octanol–water partition coefficient (Wildman–Crippen LogP) is 9.15. The monoisotopic (exact) mass is 851 g/mol. The molecule has 3 N–H and O–H groups in total. The SMILES string of the molecule is CC1(C)CCC(CN2CCN(c3ccc(C(=O)NS(=O)(=O)c4ccc(NCC5CCOCC5)c(N=O)c4)c(Oc4cc5cc[nH]c5cn4)c3)CC2)=C(c2ccc(Cl)cc2)C1. The van der Waals surface area contributed by atoms with Crippen molar-refractivity contribution in [1.82, 2.24) is 19.6 Å². The number of nitroso groups, excluding NO2 is 1. The zero-order valence-electron chi connectivity index (χ0n) is 33.9. The van der Waals surface area contributed by atoms with Crippen LogP contribution in [0.15, 0.2) is 101 Å². The standard InChI is InChI=1S/C45H50ClN7O6S/c1-45(2)15-11-33(38(26-45)31-3-5-34(46)6-4-31)29-52-17-19-53(20-18-52)35-7-9-37(42(24-35)59-43-23-32-12-16-47-41(32)28-49-43)44(54)51-60(56,57)36-8-10-39(40(25-36)50-55)48-27-30-13-21-58-22-14-30/h3-10,12,16,23-25,28,30,47-48H,11,13-15,17-22,26-27,29H2,1-2H3,(H,51,54). The van der Waals surface area contributed by atoms with E-state index in [4.69, 9.17) is 21.1 Å². The van der Waals surface area contributed by atoms with Crippen LogP contribution in [0.4, 0.5) is 17.1 Å². The summed E-state index contributed by atoms with van der Waals surface area (Å²) in [5.41, 5.74) is 6.38. The van der Waals surface area contributed by atoms with Gasteiger partial charge in [-0.3, -0.25) is 9.69 Å². The zero-order chi connectivity index (χ0) is 41.9. The Balaban J connectivity index is 0.995. The number of halogens is 1. The topological polar surface area (TPSA) is 158 Å². The lowest BCUT2D eigenvalue weighted by atomic mass is 9.72. The fourth-order valence-electron chi connectivity index (χ4n) is 8.32. The van der Waals surface area contributed by atoms with Gasteiger partial charge in [-0.05, 0) is 108 Å². The Morgan fingerprint density at radius 2 is 1.80 bits per heavy atom. The van der Waals surface area contributed by atoms with Crippen LogP contribution in [0, 0.1) is 16.2 Å². The molecule has 2 saturated heterocycles. The minimum absolute atomic E-state index is 0.00213. The average molecular weight is 852 g/mol. The van der Waals surface area contributed by atoms with E-state index in [1.165, 1.54) is 28.8 Å². The van der Waals surface area contributed by atoms with E-state index in [0.717, 1.165) is 92.5 Å². The van der Waals surface area contributed by atoms with Crippen LogP contribution in [0.3, 0.4) is 0 Å². The number of rotatable bonds is 13. The van der Waals surface area contributed by atoms with Crippen LogP contribution in [0.5, 0.6) is 11.6 Å². The Hall–Kier alpha value is -5.28. The van der Waals surface area contributed by atoms with Gasteiger partial charge in [0.05, 0.1) is 27.9 Å². The molecule has 0 atom stereocenters. The van der Waals surface area contributed by atoms with E-state index in [2.05, 4.69) is 61.0 Å². The van der Waals surface area contributed by atoms with Crippen LogP contribution in [-0.4, -0.2) is 81.7 Å². The first-order valence-electron chi connectivity index (χ1n) is 20.5. The lowest BCUT2D eigenvalue weighted by Gasteiger charge is -2.39. The minimum atomic E-state index is -4.43. The van der Waals surface area contributed by atoms with Crippen LogP contribution in [0.1, 0.15) is 61.9 Å². The van der Waals surface area contributed by atoms with Gasteiger partial charge in [0.1, 0.15) is 11.4 Å². The van der Waals surface area contributed by atoms with Crippen molar-refractivity contribution in [3.05, 3.63) is 112 Å². The van der Waals surface area contributed by atoms with Gasteiger partial charge >= 0.3 is 0 Å².